The van der Waals surface area contributed by atoms with Crippen molar-refractivity contribution >= 4 is 0 Å². The van der Waals surface area contributed by atoms with Gasteiger partial charge < -0.3 is 4.74 Å². The van der Waals surface area contributed by atoms with E-state index < -0.39 is 0 Å². The number of nitrogens with two attached hydrogens (primary N) is 1. The molecule has 1 aromatic carbocycles. The maximum atomic E-state index is 5.86. The Morgan fingerprint density at radius 3 is 2.10 bits per heavy atom. The molecule has 1 saturated carbocycles. The molecule has 3 nitrogen and oxygen atoms in total. The Labute approximate surface area is 129 Å². The molecule has 1 aliphatic carbocycles. The van der Waals surface area contributed by atoms with E-state index in [4.69, 9.17) is 10.6 Å². The number of hydrogen-bond donors (Lipinski definition) is 2. The molecule has 1 aliphatic rings. The molecule has 1 aromatic rings. The third kappa shape index (κ3) is 4.06. The van der Waals surface area contributed by atoms with Crippen LogP contribution in [0.15, 0.2) is 24.3 Å². The third-order valence-corrected chi connectivity index (χ3v) is 4.86. The van der Waals surface area contributed by atoms with E-state index >= 15 is 0 Å². The van der Waals surface area contributed by atoms with Gasteiger partial charge in [-0.15, -0.1) is 0 Å². The Kier molecular flexibility index (Phi) is 6.22. The summed E-state index contributed by atoms with van der Waals surface area (Å²) in [7, 11) is 1.81. The quantitative estimate of drug-likeness (QED) is 0.617. The molecule has 2 atom stereocenters. The van der Waals surface area contributed by atoms with Gasteiger partial charge in [0.15, 0.2) is 0 Å². The van der Waals surface area contributed by atoms with Crippen LogP contribution < -0.4 is 11.3 Å². The lowest BCUT2D eigenvalue weighted by atomic mass is 9.81. The minimum atomic E-state index is 0.0688. The average molecular weight is 290 g/mol. The molecule has 0 radical (unpaired) electrons. The third-order valence-electron chi connectivity index (χ3n) is 4.86. The largest absolute Gasteiger partial charge is 0.379 e. The molecule has 0 saturated heterocycles. The van der Waals surface area contributed by atoms with Crippen LogP contribution in [-0.2, 0) is 4.74 Å². The van der Waals surface area contributed by atoms with Crippen LogP contribution in [0.2, 0.25) is 0 Å². The first kappa shape index (κ1) is 16.5. The molecule has 0 amide bonds. The Balaban J connectivity index is 2.15. The molecular weight excluding hydrogens is 260 g/mol. The summed E-state index contributed by atoms with van der Waals surface area (Å²) in [5.74, 6) is 7.02. The highest BCUT2D eigenvalue weighted by Gasteiger charge is 2.31. The summed E-state index contributed by atoms with van der Waals surface area (Å²) in [6, 6.07) is 8.86. The first-order valence-electron chi connectivity index (χ1n) is 8.26. The van der Waals surface area contributed by atoms with Crippen LogP contribution in [0.1, 0.15) is 69.0 Å². The molecule has 0 spiro atoms. The zero-order chi connectivity index (χ0) is 15.2. The van der Waals surface area contributed by atoms with Crippen molar-refractivity contribution in [1.29, 1.82) is 0 Å². The molecule has 118 valence electrons. The zero-order valence-electron chi connectivity index (χ0n) is 13.6. The molecule has 21 heavy (non-hydrogen) atoms. The molecule has 0 heterocycles. The van der Waals surface area contributed by atoms with Gasteiger partial charge in [-0.2, -0.15) is 0 Å². The lowest BCUT2D eigenvalue weighted by Crippen LogP contribution is -2.42. The van der Waals surface area contributed by atoms with E-state index in [0.717, 1.165) is 0 Å². The Hall–Kier alpha value is -0.900. The highest BCUT2D eigenvalue weighted by Crippen LogP contribution is 2.34. The van der Waals surface area contributed by atoms with Gasteiger partial charge in [-0.3, -0.25) is 11.3 Å². The summed E-state index contributed by atoms with van der Waals surface area (Å²) < 4.78 is 5.83. The van der Waals surface area contributed by atoms with Crippen molar-refractivity contribution in [3.63, 3.8) is 0 Å². The standard InChI is InChI=1S/C18H30N2O/c1-13(2)14-9-11-15(12-10-14)17(20-19)18(21-3)16-7-5-4-6-8-16/h9-13,16-18,20H,4-8,19H2,1-3H3. The smallest absolute Gasteiger partial charge is 0.0806 e. The summed E-state index contributed by atoms with van der Waals surface area (Å²) in [4.78, 5) is 0. The van der Waals surface area contributed by atoms with E-state index in [2.05, 4.69) is 43.5 Å². The van der Waals surface area contributed by atoms with Gasteiger partial charge in [-0.1, -0.05) is 57.4 Å². The van der Waals surface area contributed by atoms with Crippen molar-refractivity contribution in [2.45, 2.75) is 64.0 Å². The van der Waals surface area contributed by atoms with Crippen LogP contribution in [0, 0.1) is 5.92 Å². The van der Waals surface area contributed by atoms with Gasteiger partial charge in [0.25, 0.3) is 0 Å². The molecule has 3 heteroatoms. The number of rotatable bonds is 6. The van der Waals surface area contributed by atoms with E-state index in [1.54, 1.807) is 0 Å². The Bertz CT molecular complexity index is 410. The summed E-state index contributed by atoms with van der Waals surface area (Å²) in [5.41, 5.74) is 5.57. The number of benzene rings is 1. The maximum Gasteiger partial charge on any atom is 0.0806 e. The van der Waals surface area contributed by atoms with E-state index in [0.29, 0.717) is 11.8 Å². The summed E-state index contributed by atoms with van der Waals surface area (Å²) >= 11 is 0. The molecule has 0 aromatic heterocycles. The SMILES string of the molecule is COC(C1CCCCC1)C(NN)c1ccc(C(C)C)cc1. The van der Waals surface area contributed by atoms with Crippen LogP contribution in [0.4, 0.5) is 0 Å². The minimum Gasteiger partial charge on any atom is -0.379 e. The summed E-state index contributed by atoms with van der Waals surface area (Å²) in [6.07, 6.45) is 6.64. The highest BCUT2D eigenvalue weighted by atomic mass is 16.5. The summed E-state index contributed by atoms with van der Waals surface area (Å²) in [5, 5.41) is 0. The van der Waals surface area contributed by atoms with Crippen molar-refractivity contribution in [3.8, 4) is 0 Å². The first-order valence-corrected chi connectivity index (χ1v) is 8.26. The van der Waals surface area contributed by atoms with Gasteiger partial charge >= 0.3 is 0 Å². The molecular formula is C18H30N2O. The Morgan fingerprint density at radius 2 is 1.62 bits per heavy atom. The fourth-order valence-corrected chi connectivity index (χ4v) is 3.53. The lowest BCUT2D eigenvalue weighted by Gasteiger charge is -2.34. The van der Waals surface area contributed by atoms with Gasteiger partial charge in [-0.25, -0.2) is 0 Å². The molecule has 2 unspecified atom stereocenters. The second kappa shape index (κ2) is 7.92. The van der Waals surface area contributed by atoms with Crippen molar-refractivity contribution in [3.05, 3.63) is 35.4 Å². The number of hydrogen-bond acceptors (Lipinski definition) is 3. The van der Waals surface area contributed by atoms with E-state index in [-0.39, 0.29) is 12.1 Å². The first-order chi connectivity index (χ1) is 10.2. The summed E-state index contributed by atoms with van der Waals surface area (Å²) in [6.45, 7) is 4.43. The predicted octanol–water partition coefficient (Wildman–Crippen LogP) is 3.91. The van der Waals surface area contributed by atoms with E-state index in [9.17, 15) is 0 Å². The van der Waals surface area contributed by atoms with Gasteiger partial charge in [0.2, 0.25) is 0 Å². The van der Waals surface area contributed by atoms with Crippen LogP contribution in [0.25, 0.3) is 0 Å². The van der Waals surface area contributed by atoms with E-state index in [1.807, 2.05) is 7.11 Å². The number of hydrazine groups is 1. The van der Waals surface area contributed by atoms with Crippen molar-refractivity contribution in [2.24, 2.45) is 11.8 Å². The van der Waals surface area contributed by atoms with E-state index in [1.165, 1.54) is 43.2 Å². The van der Waals surface area contributed by atoms with Crippen molar-refractivity contribution in [1.82, 2.24) is 5.43 Å². The predicted molar refractivity (Wildman–Crippen MR) is 88.0 cm³/mol. The van der Waals surface area contributed by atoms with Gasteiger partial charge in [0.1, 0.15) is 0 Å². The number of nitrogens with one attached hydrogen (secondary N) is 1. The fourth-order valence-electron chi connectivity index (χ4n) is 3.53. The monoisotopic (exact) mass is 290 g/mol. The highest BCUT2D eigenvalue weighted by molar-refractivity contribution is 5.27. The normalized spacial score (nSPS) is 19.7. The average Bonchev–Trinajstić information content (AvgIpc) is 2.53. The molecule has 3 N–H and O–H groups in total. The van der Waals surface area contributed by atoms with Gasteiger partial charge in [0.05, 0.1) is 12.1 Å². The topological polar surface area (TPSA) is 47.3 Å². The van der Waals surface area contributed by atoms with Gasteiger partial charge in [-0.05, 0) is 35.8 Å². The zero-order valence-corrected chi connectivity index (χ0v) is 13.6. The Morgan fingerprint density at radius 1 is 1.05 bits per heavy atom. The van der Waals surface area contributed by atoms with Crippen LogP contribution in [-0.4, -0.2) is 13.2 Å². The van der Waals surface area contributed by atoms with Crippen molar-refractivity contribution in [2.75, 3.05) is 7.11 Å². The van der Waals surface area contributed by atoms with Crippen LogP contribution >= 0.6 is 0 Å². The second-order valence-electron chi connectivity index (χ2n) is 6.56. The number of methoxy groups -OCH3 is 1. The lowest BCUT2D eigenvalue weighted by molar-refractivity contribution is 0.00749. The van der Waals surface area contributed by atoms with Crippen LogP contribution in [0.3, 0.4) is 0 Å². The van der Waals surface area contributed by atoms with Gasteiger partial charge in [0, 0.05) is 7.11 Å². The second-order valence-corrected chi connectivity index (χ2v) is 6.56. The molecule has 1 fully saturated rings. The fraction of sp³-hybridized carbons (Fsp3) is 0.667. The number of ether oxygens (including phenoxy) is 1. The molecule has 2 rings (SSSR count). The molecule has 0 aliphatic heterocycles. The maximum absolute atomic E-state index is 5.86. The molecule has 0 bridgehead atoms. The minimum absolute atomic E-state index is 0.0688. The van der Waals surface area contributed by atoms with Crippen molar-refractivity contribution < 1.29 is 4.74 Å². The van der Waals surface area contributed by atoms with Crippen LogP contribution in [0.5, 0.6) is 0 Å².